The predicted octanol–water partition coefficient (Wildman–Crippen LogP) is 3.58. The number of ether oxygens (including phenoxy) is 1. The van der Waals surface area contributed by atoms with Gasteiger partial charge in [-0.2, -0.15) is 4.68 Å². The third-order valence-electron chi connectivity index (χ3n) is 5.33. The van der Waals surface area contributed by atoms with E-state index in [0.29, 0.717) is 28.4 Å². The third-order valence-corrected chi connectivity index (χ3v) is 6.46. The lowest BCUT2D eigenvalue weighted by molar-refractivity contribution is -0.119. The molecule has 152 valence electrons. The fourth-order valence-corrected chi connectivity index (χ4v) is 5.00. The molecule has 0 bridgehead atoms. The van der Waals surface area contributed by atoms with Gasteiger partial charge in [-0.25, -0.2) is 0 Å². The van der Waals surface area contributed by atoms with Crippen molar-refractivity contribution in [3.8, 4) is 5.75 Å². The number of anilines is 1. The molecule has 7 nitrogen and oxygen atoms in total. The summed E-state index contributed by atoms with van der Waals surface area (Å²) >= 11 is 1.55. The van der Waals surface area contributed by atoms with Gasteiger partial charge in [-0.15, -0.1) is 16.4 Å². The van der Waals surface area contributed by atoms with Crippen molar-refractivity contribution in [1.29, 1.82) is 0 Å². The van der Waals surface area contributed by atoms with E-state index in [1.807, 2.05) is 6.92 Å². The van der Waals surface area contributed by atoms with Gasteiger partial charge in [-0.3, -0.25) is 9.59 Å². The van der Waals surface area contributed by atoms with Crippen molar-refractivity contribution >= 4 is 33.1 Å². The number of hydrogen-bond acceptors (Lipinski definition) is 6. The summed E-state index contributed by atoms with van der Waals surface area (Å²) in [5.74, 6) is 1.04. The van der Waals surface area contributed by atoms with E-state index < -0.39 is 6.04 Å². The van der Waals surface area contributed by atoms with E-state index in [9.17, 15) is 9.59 Å². The molecule has 2 heterocycles. The maximum absolute atomic E-state index is 13.1. The summed E-state index contributed by atoms with van der Waals surface area (Å²) < 4.78 is 6.60. The lowest BCUT2D eigenvalue weighted by Crippen LogP contribution is -2.34. The van der Waals surface area contributed by atoms with Gasteiger partial charge in [0.25, 0.3) is 5.56 Å². The fourth-order valence-electron chi connectivity index (χ4n) is 3.68. The molecule has 1 aliphatic rings. The third kappa shape index (κ3) is 3.76. The van der Waals surface area contributed by atoms with Gasteiger partial charge in [-0.1, -0.05) is 12.1 Å². The van der Waals surface area contributed by atoms with E-state index in [1.54, 1.807) is 42.5 Å². The maximum Gasteiger partial charge on any atom is 0.279 e. The minimum Gasteiger partial charge on any atom is -0.494 e. The Morgan fingerprint density at radius 1 is 1.38 bits per heavy atom. The molecule has 0 spiro atoms. The van der Waals surface area contributed by atoms with E-state index in [-0.39, 0.29) is 11.5 Å². The number of nitrogens with zero attached hydrogens (tertiary/aromatic N) is 3. The molecule has 1 amide bonds. The number of benzene rings is 1. The van der Waals surface area contributed by atoms with E-state index >= 15 is 0 Å². The lowest BCUT2D eigenvalue weighted by atomic mass is 9.89. The Morgan fingerprint density at radius 3 is 2.86 bits per heavy atom. The molecule has 0 saturated heterocycles. The molecule has 8 heteroatoms. The summed E-state index contributed by atoms with van der Waals surface area (Å²) in [4.78, 5) is 27.7. The second-order valence-corrected chi connectivity index (χ2v) is 8.58. The van der Waals surface area contributed by atoms with Crippen LogP contribution in [0.25, 0.3) is 10.2 Å². The van der Waals surface area contributed by atoms with Crippen molar-refractivity contribution in [3.05, 3.63) is 45.1 Å². The zero-order valence-corrected chi connectivity index (χ0v) is 17.6. The molecule has 4 rings (SSSR count). The van der Waals surface area contributed by atoms with Crippen LogP contribution in [0.3, 0.4) is 0 Å². The zero-order chi connectivity index (χ0) is 20.5. The molecule has 0 saturated carbocycles. The van der Waals surface area contributed by atoms with E-state index in [2.05, 4.69) is 22.6 Å². The van der Waals surface area contributed by atoms with Crippen molar-refractivity contribution in [3.63, 3.8) is 0 Å². The molecule has 1 aromatic carbocycles. The van der Waals surface area contributed by atoms with Gasteiger partial charge >= 0.3 is 0 Å². The normalized spacial score (nSPS) is 17.0. The summed E-state index contributed by atoms with van der Waals surface area (Å²) in [6, 6.07) is 6.35. The minimum absolute atomic E-state index is 0.239. The van der Waals surface area contributed by atoms with Crippen LogP contribution in [0.5, 0.6) is 5.75 Å². The van der Waals surface area contributed by atoms with Crippen molar-refractivity contribution in [2.75, 3.05) is 11.9 Å². The molecule has 0 aliphatic heterocycles. The fraction of sp³-hybridized carbons (Fsp3) is 0.429. The Hall–Kier alpha value is -2.74. The highest BCUT2D eigenvalue weighted by Crippen LogP contribution is 2.35. The molecule has 0 radical (unpaired) electrons. The average Bonchev–Trinajstić information content (AvgIpc) is 3.07. The lowest BCUT2D eigenvalue weighted by Gasteiger charge is -2.17. The van der Waals surface area contributed by atoms with E-state index in [0.717, 1.165) is 30.6 Å². The first kappa shape index (κ1) is 19.6. The van der Waals surface area contributed by atoms with Crippen LogP contribution in [0.4, 0.5) is 5.69 Å². The number of carbonyl (C=O) groups is 1. The monoisotopic (exact) mass is 412 g/mol. The number of amides is 1. The first-order valence-corrected chi connectivity index (χ1v) is 10.7. The molecule has 2 unspecified atom stereocenters. The maximum atomic E-state index is 13.1. The van der Waals surface area contributed by atoms with Crippen molar-refractivity contribution in [2.24, 2.45) is 5.92 Å². The molecule has 2 atom stereocenters. The highest BCUT2D eigenvalue weighted by Gasteiger charge is 2.26. The van der Waals surface area contributed by atoms with Gasteiger partial charge in [0.1, 0.15) is 11.8 Å². The summed E-state index contributed by atoms with van der Waals surface area (Å²) in [5, 5.41) is 11.8. The Kier molecular flexibility index (Phi) is 5.36. The predicted molar refractivity (Wildman–Crippen MR) is 114 cm³/mol. The van der Waals surface area contributed by atoms with Crippen molar-refractivity contribution in [2.45, 2.75) is 46.1 Å². The standard InChI is InChI=1S/C21H24N4O3S/c1-4-28-15-8-6-14(7-9-15)22-19(26)13(3)25-21(27)18-16-10-5-12(2)11-17(16)29-20(18)23-24-25/h6-9,12-13H,4-5,10-11H2,1-3H3,(H,22,26). The van der Waals surface area contributed by atoms with E-state index in [4.69, 9.17) is 4.74 Å². The second kappa shape index (κ2) is 7.94. The Bertz CT molecular complexity index is 1100. The molecule has 29 heavy (non-hydrogen) atoms. The molecule has 1 N–H and O–H groups in total. The summed E-state index contributed by atoms with van der Waals surface area (Å²) in [5.41, 5.74) is 1.49. The molecule has 3 aromatic rings. The highest BCUT2D eigenvalue weighted by molar-refractivity contribution is 7.18. The number of aromatic nitrogens is 3. The molecule has 0 fully saturated rings. The number of fused-ring (bicyclic) bond motifs is 3. The van der Waals surface area contributed by atoms with Crippen LogP contribution in [0.2, 0.25) is 0 Å². The quantitative estimate of drug-likeness (QED) is 0.692. The van der Waals surface area contributed by atoms with Crippen LogP contribution in [0, 0.1) is 5.92 Å². The molecular formula is C21H24N4O3S. The number of carbonyl (C=O) groups excluding carboxylic acids is 1. The van der Waals surface area contributed by atoms with E-state index in [1.165, 1.54) is 9.56 Å². The largest absolute Gasteiger partial charge is 0.494 e. The van der Waals surface area contributed by atoms with Gasteiger partial charge in [0, 0.05) is 10.6 Å². The molecule has 2 aromatic heterocycles. The van der Waals surface area contributed by atoms with Crippen LogP contribution >= 0.6 is 11.3 Å². The second-order valence-electron chi connectivity index (χ2n) is 7.49. The van der Waals surface area contributed by atoms with Crippen LogP contribution in [-0.2, 0) is 17.6 Å². The Balaban J connectivity index is 1.59. The van der Waals surface area contributed by atoms with Crippen molar-refractivity contribution in [1.82, 2.24) is 15.0 Å². The van der Waals surface area contributed by atoms with Crippen LogP contribution in [0.15, 0.2) is 29.1 Å². The summed E-state index contributed by atoms with van der Waals surface area (Å²) in [7, 11) is 0. The number of hydrogen-bond donors (Lipinski definition) is 1. The van der Waals surface area contributed by atoms with Crippen LogP contribution in [0.1, 0.15) is 43.7 Å². The number of rotatable bonds is 5. The summed E-state index contributed by atoms with van der Waals surface area (Å²) in [6.07, 6.45) is 2.92. The smallest absolute Gasteiger partial charge is 0.279 e. The molecular weight excluding hydrogens is 388 g/mol. The average molecular weight is 413 g/mol. The number of aryl methyl sites for hydroxylation is 1. The Labute approximate surface area is 172 Å². The van der Waals surface area contributed by atoms with Gasteiger partial charge in [0.05, 0.1) is 12.0 Å². The Morgan fingerprint density at radius 2 is 2.14 bits per heavy atom. The van der Waals surface area contributed by atoms with Gasteiger partial charge in [0.15, 0.2) is 4.83 Å². The number of nitrogens with one attached hydrogen (secondary N) is 1. The van der Waals surface area contributed by atoms with Crippen molar-refractivity contribution < 1.29 is 9.53 Å². The minimum atomic E-state index is -0.774. The summed E-state index contributed by atoms with van der Waals surface area (Å²) in [6.45, 7) is 6.38. The zero-order valence-electron chi connectivity index (χ0n) is 16.8. The van der Waals surface area contributed by atoms with Crippen LogP contribution < -0.4 is 15.6 Å². The molecule has 1 aliphatic carbocycles. The van der Waals surface area contributed by atoms with Crippen LogP contribution in [-0.4, -0.2) is 27.5 Å². The first-order valence-electron chi connectivity index (χ1n) is 9.91. The van der Waals surface area contributed by atoms with Gasteiger partial charge in [-0.05, 0) is 68.9 Å². The first-order chi connectivity index (χ1) is 14.0. The number of thiophene rings is 1. The SMILES string of the molecule is CCOc1ccc(NC(=O)C(C)n2nnc3sc4c(c3c2=O)CCC(C)C4)cc1. The topological polar surface area (TPSA) is 86.1 Å². The van der Waals surface area contributed by atoms with Gasteiger partial charge < -0.3 is 10.1 Å². The van der Waals surface area contributed by atoms with Gasteiger partial charge in [0.2, 0.25) is 5.91 Å². The highest BCUT2D eigenvalue weighted by atomic mass is 32.1.